The van der Waals surface area contributed by atoms with E-state index in [1.54, 1.807) is 19.3 Å². The number of thiazole rings is 1. The summed E-state index contributed by atoms with van der Waals surface area (Å²) in [6.45, 7) is 3.98. The molecule has 2 unspecified atom stereocenters. The minimum absolute atomic E-state index is 0.136. The van der Waals surface area contributed by atoms with Crippen LogP contribution in [0.4, 0.5) is 0 Å². The number of ketones is 2. The molecule has 1 aliphatic carbocycles. The molecule has 27 heavy (non-hydrogen) atoms. The highest BCUT2D eigenvalue weighted by Crippen LogP contribution is 2.35. The van der Waals surface area contributed by atoms with E-state index in [1.165, 1.54) is 11.3 Å². The average molecular weight is 385 g/mol. The number of aromatic nitrogens is 2. The van der Waals surface area contributed by atoms with Crippen molar-refractivity contribution in [3.05, 3.63) is 45.2 Å². The Balaban J connectivity index is 1.84. The van der Waals surface area contributed by atoms with E-state index in [9.17, 15) is 14.4 Å². The number of nitrogens with one attached hydrogen (secondary N) is 1. The van der Waals surface area contributed by atoms with E-state index in [0.29, 0.717) is 27.6 Å². The van der Waals surface area contributed by atoms with Crippen molar-refractivity contribution in [2.24, 2.45) is 11.8 Å². The van der Waals surface area contributed by atoms with Gasteiger partial charge in [-0.3, -0.25) is 19.4 Å². The van der Waals surface area contributed by atoms with Gasteiger partial charge in [0.25, 0.3) is 0 Å². The monoisotopic (exact) mass is 385 g/mol. The summed E-state index contributed by atoms with van der Waals surface area (Å²) in [5, 5.41) is 3.17. The summed E-state index contributed by atoms with van der Waals surface area (Å²) in [4.78, 5) is 46.9. The number of hydrogen-bond donors (Lipinski definition) is 1. The smallest absolute Gasteiger partial charge is 0.226 e. The molecule has 0 bridgehead atoms. The first kappa shape index (κ1) is 19.4. The number of nitrogens with zero attached hydrogens (tertiary/aromatic N) is 2. The number of carbonyl (C=O) groups excluding carboxylic acids is 3. The fraction of sp³-hybridized carbons (Fsp3) is 0.450. The zero-order valence-corrected chi connectivity index (χ0v) is 16.6. The van der Waals surface area contributed by atoms with E-state index in [2.05, 4.69) is 22.2 Å². The third-order valence-corrected chi connectivity index (χ3v) is 5.93. The van der Waals surface area contributed by atoms with Gasteiger partial charge in [0.15, 0.2) is 11.6 Å². The Kier molecular flexibility index (Phi) is 5.79. The fourth-order valence-electron chi connectivity index (χ4n) is 3.39. The second-order valence-electron chi connectivity index (χ2n) is 6.91. The highest BCUT2D eigenvalue weighted by molar-refractivity contribution is 7.14. The maximum atomic E-state index is 13.0. The Morgan fingerprint density at radius 3 is 2.74 bits per heavy atom. The highest BCUT2D eigenvalue weighted by atomic mass is 32.1. The number of amides is 1. The Bertz CT molecular complexity index is 873. The molecule has 2 aromatic rings. The Labute approximate surface area is 162 Å². The molecule has 0 spiro atoms. The number of Topliss-reactive ketones (excluding diaryl/α,β-unsaturated/α-hetero) is 2. The average Bonchev–Trinajstić information content (AvgIpc) is 3.04. The molecule has 0 aromatic carbocycles. The van der Waals surface area contributed by atoms with E-state index < -0.39 is 5.92 Å². The number of likely N-dealkylation sites (N-methyl/N-ethyl adjacent to an activating group) is 1. The van der Waals surface area contributed by atoms with Crippen LogP contribution in [0.15, 0.2) is 18.3 Å². The van der Waals surface area contributed by atoms with Crippen molar-refractivity contribution >= 4 is 28.8 Å². The van der Waals surface area contributed by atoms with Crippen LogP contribution in [0.2, 0.25) is 0 Å². The summed E-state index contributed by atoms with van der Waals surface area (Å²) >= 11 is 1.23. The Morgan fingerprint density at radius 1 is 1.33 bits per heavy atom. The van der Waals surface area contributed by atoms with E-state index in [-0.39, 0.29) is 29.8 Å². The maximum absolute atomic E-state index is 13.0. The van der Waals surface area contributed by atoms with Gasteiger partial charge in [0, 0.05) is 24.5 Å². The predicted molar refractivity (Wildman–Crippen MR) is 103 cm³/mol. The number of hydrogen-bond acceptors (Lipinski definition) is 6. The number of pyridine rings is 1. The molecule has 142 valence electrons. The molecule has 2 heterocycles. The lowest BCUT2D eigenvalue weighted by Gasteiger charge is -2.25. The molecule has 0 radical (unpaired) electrons. The number of aryl methyl sites for hydroxylation is 1. The quantitative estimate of drug-likeness (QED) is 0.610. The van der Waals surface area contributed by atoms with Crippen LogP contribution in [0.5, 0.6) is 0 Å². The van der Waals surface area contributed by atoms with Crippen LogP contribution in [0, 0.1) is 11.8 Å². The fourth-order valence-corrected chi connectivity index (χ4v) is 4.46. The van der Waals surface area contributed by atoms with Crippen LogP contribution >= 0.6 is 11.3 Å². The van der Waals surface area contributed by atoms with Crippen molar-refractivity contribution in [3.8, 4) is 0 Å². The standard InChI is InChI=1S/C20H23N3O3S/c1-4-5-13-7-6-12(10-22-13)18(25)17-11(2)8-14-20(19(17)26)27-16(23-14)9-15(24)21-3/h6-7,10-11,17H,4-5,8-9H2,1-3H3,(H,21,24). The van der Waals surface area contributed by atoms with E-state index in [4.69, 9.17) is 0 Å². The summed E-state index contributed by atoms with van der Waals surface area (Å²) < 4.78 is 0. The number of fused-ring (bicyclic) bond motifs is 1. The van der Waals surface area contributed by atoms with Crippen molar-refractivity contribution in [2.75, 3.05) is 7.05 Å². The molecule has 7 heteroatoms. The molecule has 1 amide bonds. The third-order valence-electron chi connectivity index (χ3n) is 4.82. The Morgan fingerprint density at radius 2 is 2.11 bits per heavy atom. The summed E-state index contributed by atoms with van der Waals surface area (Å²) in [6.07, 6.45) is 4.14. The van der Waals surface area contributed by atoms with E-state index in [1.807, 2.05) is 13.0 Å². The van der Waals surface area contributed by atoms with Crippen molar-refractivity contribution in [3.63, 3.8) is 0 Å². The van der Waals surface area contributed by atoms with Crippen LogP contribution in [-0.2, 0) is 24.1 Å². The van der Waals surface area contributed by atoms with Gasteiger partial charge < -0.3 is 5.32 Å². The van der Waals surface area contributed by atoms with Crippen LogP contribution < -0.4 is 5.32 Å². The molecule has 0 saturated carbocycles. The summed E-state index contributed by atoms with van der Waals surface area (Å²) in [5.41, 5.74) is 2.12. The van der Waals surface area contributed by atoms with E-state index >= 15 is 0 Å². The maximum Gasteiger partial charge on any atom is 0.226 e. The third kappa shape index (κ3) is 3.98. The van der Waals surface area contributed by atoms with Crippen molar-refractivity contribution < 1.29 is 14.4 Å². The molecule has 3 rings (SSSR count). The summed E-state index contributed by atoms with van der Waals surface area (Å²) in [5.74, 6) is -1.37. The molecular formula is C20H23N3O3S. The normalized spacial score (nSPS) is 18.9. The van der Waals surface area contributed by atoms with Crippen molar-refractivity contribution in [1.82, 2.24) is 15.3 Å². The molecular weight excluding hydrogens is 362 g/mol. The zero-order valence-electron chi connectivity index (χ0n) is 15.7. The highest BCUT2D eigenvalue weighted by Gasteiger charge is 2.40. The molecule has 2 atom stereocenters. The minimum atomic E-state index is -0.718. The molecule has 0 fully saturated rings. The van der Waals surface area contributed by atoms with Crippen molar-refractivity contribution in [1.29, 1.82) is 0 Å². The lowest BCUT2D eigenvalue weighted by molar-refractivity contribution is -0.119. The molecule has 1 aliphatic rings. The van der Waals surface area contributed by atoms with Gasteiger partial charge in [-0.05, 0) is 30.9 Å². The van der Waals surface area contributed by atoms with Gasteiger partial charge in [-0.1, -0.05) is 20.3 Å². The van der Waals surface area contributed by atoms with Gasteiger partial charge in [-0.2, -0.15) is 0 Å². The van der Waals surface area contributed by atoms with Crippen molar-refractivity contribution in [2.45, 2.75) is 39.5 Å². The zero-order chi connectivity index (χ0) is 19.6. The minimum Gasteiger partial charge on any atom is -0.359 e. The van der Waals surface area contributed by atoms with Gasteiger partial charge in [-0.25, -0.2) is 4.98 Å². The molecule has 0 aliphatic heterocycles. The summed E-state index contributed by atoms with van der Waals surface area (Å²) in [7, 11) is 1.57. The lowest BCUT2D eigenvalue weighted by Crippen LogP contribution is -2.35. The first-order valence-corrected chi connectivity index (χ1v) is 9.98. The lowest BCUT2D eigenvalue weighted by atomic mass is 9.77. The van der Waals surface area contributed by atoms with Crippen LogP contribution in [-0.4, -0.2) is 34.5 Å². The van der Waals surface area contributed by atoms with E-state index in [0.717, 1.165) is 18.5 Å². The molecule has 1 N–H and O–H groups in total. The Hall–Kier alpha value is -2.41. The first-order chi connectivity index (χ1) is 12.9. The molecule has 0 saturated heterocycles. The first-order valence-electron chi connectivity index (χ1n) is 9.17. The largest absolute Gasteiger partial charge is 0.359 e. The van der Waals surface area contributed by atoms with Gasteiger partial charge in [-0.15, -0.1) is 11.3 Å². The van der Waals surface area contributed by atoms with Gasteiger partial charge in [0.05, 0.1) is 22.9 Å². The SMILES string of the molecule is CCCc1ccc(C(=O)C2C(=O)c3sc(CC(=O)NC)nc3CC2C)cn1. The van der Waals surface area contributed by atoms with Crippen LogP contribution in [0.25, 0.3) is 0 Å². The van der Waals surface area contributed by atoms with Crippen LogP contribution in [0.3, 0.4) is 0 Å². The molecule has 2 aromatic heterocycles. The second kappa shape index (κ2) is 8.08. The number of carbonyl (C=O) groups is 3. The van der Waals surface area contributed by atoms with Crippen LogP contribution in [0.1, 0.15) is 56.7 Å². The van der Waals surface area contributed by atoms with Gasteiger partial charge >= 0.3 is 0 Å². The number of rotatable bonds is 6. The van der Waals surface area contributed by atoms with Gasteiger partial charge in [0.2, 0.25) is 5.91 Å². The topological polar surface area (TPSA) is 89.0 Å². The summed E-state index contributed by atoms with van der Waals surface area (Å²) in [6, 6.07) is 3.62. The van der Waals surface area contributed by atoms with Gasteiger partial charge in [0.1, 0.15) is 5.01 Å². The second-order valence-corrected chi connectivity index (χ2v) is 7.99. The molecule has 6 nitrogen and oxygen atoms in total. The predicted octanol–water partition coefficient (Wildman–Crippen LogP) is 2.65.